The van der Waals surface area contributed by atoms with Gasteiger partial charge in [-0.3, -0.25) is 0 Å². The number of nitrogens with zero attached hydrogens (tertiary/aromatic N) is 1. The van der Waals surface area contributed by atoms with E-state index in [1.54, 1.807) is 12.0 Å². The predicted molar refractivity (Wildman–Crippen MR) is 63.4 cm³/mol. The van der Waals surface area contributed by atoms with Crippen molar-refractivity contribution in [3.05, 3.63) is 0 Å². The molecule has 2 N–H and O–H groups in total. The van der Waals surface area contributed by atoms with Crippen molar-refractivity contribution < 1.29 is 14.3 Å². The summed E-state index contributed by atoms with van der Waals surface area (Å²) in [6, 6.07) is 0. The van der Waals surface area contributed by atoms with E-state index in [0.717, 1.165) is 6.42 Å². The Morgan fingerprint density at radius 2 is 1.94 bits per heavy atom. The molecule has 5 nitrogen and oxygen atoms in total. The Morgan fingerprint density at radius 1 is 1.31 bits per heavy atom. The molecular formula is C11H24N2O3. The predicted octanol–water partition coefficient (Wildman–Crippen LogP) is 1.22. The molecule has 96 valence electrons. The maximum Gasteiger partial charge on any atom is 0.410 e. The van der Waals surface area contributed by atoms with Gasteiger partial charge in [0.1, 0.15) is 5.60 Å². The van der Waals surface area contributed by atoms with Gasteiger partial charge in [-0.2, -0.15) is 0 Å². The molecule has 0 bridgehead atoms. The van der Waals surface area contributed by atoms with Crippen LogP contribution >= 0.6 is 0 Å². The minimum absolute atomic E-state index is 0.311. The van der Waals surface area contributed by atoms with Crippen molar-refractivity contribution in [1.82, 2.24) is 4.90 Å². The molecule has 5 heteroatoms. The van der Waals surface area contributed by atoms with E-state index in [-0.39, 0.29) is 6.09 Å². The molecule has 0 saturated heterocycles. The number of rotatable bonds is 6. The smallest absolute Gasteiger partial charge is 0.410 e. The first-order valence-electron chi connectivity index (χ1n) is 5.57. The third kappa shape index (κ3) is 7.48. The summed E-state index contributed by atoms with van der Waals surface area (Å²) < 4.78 is 10.2. The Morgan fingerprint density at radius 3 is 2.38 bits per heavy atom. The Kier molecular flexibility index (Phi) is 7.08. The summed E-state index contributed by atoms with van der Waals surface area (Å²) in [6.45, 7) is 7.73. The minimum atomic E-state index is -0.467. The van der Waals surface area contributed by atoms with Gasteiger partial charge in [-0.15, -0.1) is 0 Å². The second-order valence-corrected chi connectivity index (χ2v) is 4.60. The summed E-state index contributed by atoms with van der Waals surface area (Å²) in [4.78, 5) is 13.4. The molecule has 0 aromatic rings. The van der Waals surface area contributed by atoms with E-state index in [0.29, 0.717) is 26.2 Å². The molecule has 0 rings (SSSR count). The van der Waals surface area contributed by atoms with Gasteiger partial charge < -0.3 is 20.1 Å². The fourth-order valence-corrected chi connectivity index (χ4v) is 1.18. The van der Waals surface area contributed by atoms with Crippen LogP contribution in [0.3, 0.4) is 0 Å². The van der Waals surface area contributed by atoms with Gasteiger partial charge in [-0.25, -0.2) is 4.79 Å². The number of carbonyl (C=O) groups is 1. The highest BCUT2D eigenvalue weighted by Gasteiger charge is 2.21. The van der Waals surface area contributed by atoms with Gasteiger partial charge >= 0.3 is 6.09 Å². The van der Waals surface area contributed by atoms with Crippen LogP contribution in [0.25, 0.3) is 0 Å². The fraction of sp³-hybridized carbons (Fsp3) is 0.909. The van der Waals surface area contributed by atoms with Gasteiger partial charge in [0.15, 0.2) is 0 Å². The van der Waals surface area contributed by atoms with Crippen LogP contribution in [-0.2, 0) is 9.47 Å². The summed E-state index contributed by atoms with van der Waals surface area (Å²) in [5, 5.41) is 0. The van der Waals surface area contributed by atoms with Crippen LogP contribution in [0.2, 0.25) is 0 Å². The van der Waals surface area contributed by atoms with Crippen molar-refractivity contribution in [3.63, 3.8) is 0 Å². The minimum Gasteiger partial charge on any atom is -0.444 e. The first-order valence-corrected chi connectivity index (χ1v) is 5.57. The van der Waals surface area contributed by atoms with Crippen molar-refractivity contribution in [3.8, 4) is 0 Å². The second kappa shape index (κ2) is 7.46. The molecule has 0 aliphatic carbocycles. The van der Waals surface area contributed by atoms with Gasteiger partial charge in [0.2, 0.25) is 0 Å². The van der Waals surface area contributed by atoms with Crippen molar-refractivity contribution in [2.75, 3.05) is 33.4 Å². The largest absolute Gasteiger partial charge is 0.444 e. The molecule has 0 fully saturated rings. The van der Waals surface area contributed by atoms with Crippen LogP contribution in [0.15, 0.2) is 0 Å². The molecule has 0 radical (unpaired) electrons. The van der Waals surface area contributed by atoms with Crippen molar-refractivity contribution in [1.29, 1.82) is 0 Å². The SMILES string of the molecule is COCCCN(CCN)C(=O)OC(C)(C)C. The van der Waals surface area contributed by atoms with Gasteiger partial charge in [0.25, 0.3) is 0 Å². The molecule has 1 amide bonds. The summed E-state index contributed by atoms with van der Waals surface area (Å²) in [7, 11) is 1.64. The lowest BCUT2D eigenvalue weighted by molar-refractivity contribution is 0.0241. The van der Waals surface area contributed by atoms with E-state index in [9.17, 15) is 4.79 Å². The monoisotopic (exact) mass is 232 g/mol. The summed E-state index contributed by atoms with van der Waals surface area (Å²) in [5.41, 5.74) is 4.99. The quantitative estimate of drug-likeness (QED) is 0.699. The number of nitrogens with two attached hydrogens (primary N) is 1. The molecule has 0 aliphatic rings. The van der Waals surface area contributed by atoms with Crippen LogP contribution in [0.5, 0.6) is 0 Å². The molecule has 0 atom stereocenters. The maximum absolute atomic E-state index is 11.8. The molecule has 0 saturated carbocycles. The molecule has 16 heavy (non-hydrogen) atoms. The van der Waals surface area contributed by atoms with E-state index in [1.165, 1.54) is 0 Å². The van der Waals surface area contributed by atoms with Crippen LogP contribution in [0.1, 0.15) is 27.2 Å². The van der Waals surface area contributed by atoms with E-state index in [4.69, 9.17) is 15.2 Å². The molecule has 0 heterocycles. The molecule has 0 aromatic heterocycles. The fourth-order valence-electron chi connectivity index (χ4n) is 1.18. The lowest BCUT2D eigenvalue weighted by Crippen LogP contribution is -2.40. The number of amides is 1. The maximum atomic E-state index is 11.8. The molecule has 0 spiro atoms. The van der Waals surface area contributed by atoms with Gasteiger partial charge in [-0.05, 0) is 27.2 Å². The Hall–Kier alpha value is -0.810. The van der Waals surface area contributed by atoms with Crippen molar-refractivity contribution >= 4 is 6.09 Å². The summed E-state index contributed by atoms with van der Waals surface area (Å²) >= 11 is 0. The topological polar surface area (TPSA) is 64.8 Å². The molecule has 0 aliphatic heterocycles. The van der Waals surface area contributed by atoms with Crippen LogP contribution in [0, 0.1) is 0 Å². The van der Waals surface area contributed by atoms with Gasteiger partial charge in [0, 0.05) is 33.4 Å². The lowest BCUT2D eigenvalue weighted by Gasteiger charge is -2.27. The summed E-state index contributed by atoms with van der Waals surface area (Å²) in [5.74, 6) is 0. The first kappa shape index (κ1) is 15.2. The second-order valence-electron chi connectivity index (χ2n) is 4.60. The zero-order chi connectivity index (χ0) is 12.6. The number of hydrogen-bond donors (Lipinski definition) is 1. The molecule has 0 aromatic carbocycles. The standard InChI is InChI=1S/C11H24N2O3/c1-11(2,3)16-10(14)13(8-6-12)7-5-9-15-4/h5-9,12H2,1-4H3. The Labute approximate surface area is 97.9 Å². The van der Waals surface area contributed by atoms with Crippen LogP contribution < -0.4 is 5.73 Å². The van der Waals surface area contributed by atoms with Crippen LogP contribution in [-0.4, -0.2) is 49.9 Å². The summed E-state index contributed by atoms with van der Waals surface area (Å²) in [6.07, 6.45) is 0.476. The van der Waals surface area contributed by atoms with E-state index in [1.807, 2.05) is 20.8 Å². The Bertz CT molecular complexity index is 202. The molecular weight excluding hydrogens is 208 g/mol. The highest BCUT2D eigenvalue weighted by Crippen LogP contribution is 2.09. The number of methoxy groups -OCH3 is 1. The zero-order valence-electron chi connectivity index (χ0n) is 10.8. The van der Waals surface area contributed by atoms with E-state index < -0.39 is 5.60 Å². The highest BCUT2D eigenvalue weighted by atomic mass is 16.6. The average Bonchev–Trinajstić information content (AvgIpc) is 2.14. The van der Waals surface area contributed by atoms with E-state index >= 15 is 0 Å². The number of carbonyl (C=O) groups excluding carboxylic acids is 1. The van der Waals surface area contributed by atoms with E-state index in [2.05, 4.69) is 0 Å². The third-order valence-corrected chi connectivity index (χ3v) is 1.83. The van der Waals surface area contributed by atoms with Gasteiger partial charge in [0.05, 0.1) is 0 Å². The number of hydrogen-bond acceptors (Lipinski definition) is 4. The van der Waals surface area contributed by atoms with Crippen molar-refractivity contribution in [2.45, 2.75) is 32.8 Å². The third-order valence-electron chi connectivity index (χ3n) is 1.83. The normalized spacial score (nSPS) is 11.3. The highest BCUT2D eigenvalue weighted by molar-refractivity contribution is 5.68. The molecule has 0 unspecified atom stereocenters. The first-order chi connectivity index (χ1) is 7.40. The van der Waals surface area contributed by atoms with Crippen LogP contribution in [0.4, 0.5) is 4.79 Å². The van der Waals surface area contributed by atoms with Crippen molar-refractivity contribution in [2.24, 2.45) is 5.73 Å². The average molecular weight is 232 g/mol. The number of ether oxygens (including phenoxy) is 2. The Balaban J connectivity index is 4.12. The van der Waals surface area contributed by atoms with Gasteiger partial charge in [-0.1, -0.05) is 0 Å². The lowest BCUT2D eigenvalue weighted by atomic mass is 10.2. The zero-order valence-corrected chi connectivity index (χ0v) is 10.8.